The molecule has 0 aliphatic carbocycles. The van der Waals surface area contributed by atoms with Crippen molar-refractivity contribution in [1.82, 2.24) is 9.97 Å². The Hall–Kier alpha value is -0.780. The molecule has 2 aromatic carbocycles. The lowest BCUT2D eigenvalue weighted by Crippen LogP contribution is -1.96. The minimum Gasteiger partial charge on any atom is -0.349 e. The van der Waals surface area contributed by atoms with Crippen LogP contribution in [-0.2, 0) is 12.8 Å². The molecule has 0 saturated carbocycles. The van der Waals surface area contributed by atoms with Crippen molar-refractivity contribution in [3.8, 4) is 0 Å². The number of thioether (sulfide) groups is 2. The lowest BCUT2D eigenvalue weighted by atomic mass is 10.1. The Morgan fingerprint density at radius 3 is 2.41 bits per heavy atom. The molecule has 0 radical (unpaired) electrons. The molecule has 0 spiro atoms. The molecule has 0 amide bonds. The number of rotatable bonds is 9. The Balaban J connectivity index is 1.49. The van der Waals surface area contributed by atoms with Gasteiger partial charge in [-0.15, -0.1) is 23.5 Å². The van der Waals surface area contributed by atoms with Crippen molar-refractivity contribution in [1.29, 1.82) is 0 Å². The molecular formula is C20H19Cl3N2S2. The van der Waals surface area contributed by atoms with Crippen molar-refractivity contribution in [2.45, 2.75) is 29.1 Å². The molecule has 3 rings (SSSR count). The third-order valence-corrected chi connectivity index (χ3v) is 7.46. The van der Waals surface area contributed by atoms with Crippen molar-refractivity contribution in [3.63, 3.8) is 0 Å². The minimum absolute atomic E-state index is 0.720. The van der Waals surface area contributed by atoms with Crippen LogP contribution in [0.25, 0.3) is 0 Å². The smallest absolute Gasteiger partial charge is 0.106 e. The fourth-order valence-corrected chi connectivity index (χ4v) is 5.45. The van der Waals surface area contributed by atoms with Crippen molar-refractivity contribution in [3.05, 3.63) is 75.2 Å². The first-order valence-corrected chi connectivity index (χ1v) is 11.7. The Bertz CT molecular complexity index is 852. The van der Waals surface area contributed by atoms with Crippen molar-refractivity contribution in [2.75, 3.05) is 11.5 Å². The van der Waals surface area contributed by atoms with Crippen molar-refractivity contribution >= 4 is 58.3 Å². The van der Waals surface area contributed by atoms with Crippen LogP contribution in [0.3, 0.4) is 0 Å². The maximum atomic E-state index is 6.62. The topological polar surface area (TPSA) is 28.7 Å². The van der Waals surface area contributed by atoms with Gasteiger partial charge in [0.1, 0.15) is 5.82 Å². The van der Waals surface area contributed by atoms with Gasteiger partial charge in [-0.25, -0.2) is 4.98 Å². The van der Waals surface area contributed by atoms with E-state index in [9.17, 15) is 0 Å². The molecule has 0 saturated heterocycles. The standard InChI is InChI=1S/C20H19Cl3N2S2/c21-15-4-6-16(7-5-15)26-12-1-13-27-20-17(22)8-2-14(19(20)23)3-9-18-24-10-11-25-18/h2,4-8,10-11H,1,3,9,12-13H2,(H,24,25). The number of imidazole rings is 1. The monoisotopic (exact) mass is 456 g/mol. The van der Waals surface area contributed by atoms with Gasteiger partial charge in [0.25, 0.3) is 0 Å². The van der Waals surface area contributed by atoms with Gasteiger partial charge in [-0.05, 0) is 60.2 Å². The van der Waals surface area contributed by atoms with Crippen LogP contribution in [-0.4, -0.2) is 21.5 Å². The molecule has 1 heterocycles. The van der Waals surface area contributed by atoms with Gasteiger partial charge in [-0.3, -0.25) is 0 Å². The van der Waals surface area contributed by atoms with E-state index in [0.29, 0.717) is 0 Å². The SMILES string of the molecule is Clc1ccc(SCCCSc2c(Cl)ccc(CCc3ncc[nH]3)c2Cl)cc1. The number of benzene rings is 2. The lowest BCUT2D eigenvalue weighted by molar-refractivity contribution is 0.882. The van der Waals surface area contributed by atoms with Gasteiger partial charge >= 0.3 is 0 Å². The number of aromatic amines is 1. The van der Waals surface area contributed by atoms with E-state index in [-0.39, 0.29) is 0 Å². The molecule has 1 aromatic heterocycles. The van der Waals surface area contributed by atoms with Crippen LogP contribution in [0.5, 0.6) is 0 Å². The van der Waals surface area contributed by atoms with E-state index in [4.69, 9.17) is 34.8 Å². The van der Waals surface area contributed by atoms with Crippen LogP contribution in [0.1, 0.15) is 17.8 Å². The highest BCUT2D eigenvalue weighted by atomic mass is 35.5. The van der Waals surface area contributed by atoms with Gasteiger partial charge in [0.05, 0.1) is 10.0 Å². The van der Waals surface area contributed by atoms with E-state index in [1.807, 2.05) is 42.2 Å². The number of nitrogens with zero attached hydrogens (tertiary/aromatic N) is 1. The summed E-state index contributed by atoms with van der Waals surface area (Å²) in [4.78, 5) is 9.60. The van der Waals surface area contributed by atoms with Gasteiger partial charge in [0.15, 0.2) is 0 Å². The molecule has 0 fully saturated rings. The van der Waals surface area contributed by atoms with Gasteiger partial charge in [0, 0.05) is 33.6 Å². The zero-order valence-corrected chi connectivity index (χ0v) is 18.5. The van der Waals surface area contributed by atoms with E-state index in [1.165, 1.54) is 4.90 Å². The van der Waals surface area contributed by atoms with Crippen molar-refractivity contribution in [2.24, 2.45) is 0 Å². The molecule has 0 aliphatic rings. The minimum atomic E-state index is 0.720. The quantitative estimate of drug-likeness (QED) is 0.267. The second kappa shape index (κ2) is 10.7. The van der Waals surface area contributed by atoms with Crippen LogP contribution in [0.4, 0.5) is 0 Å². The molecule has 27 heavy (non-hydrogen) atoms. The number of H-pyrrole nitrogens is 1. The number of nitrogens with one attached hydrogen (secondary N) is 1. The Kier molecular flexibility index (Phi) is 8.28. The van der Waals surface area contributed by atoms with Crippen LogP contribution >= 0.6 is 58.3 Å². The summed E-state index contributed by atoms with van der Waals surface area (Å²) in [5, 5.41) is 2.26. The first kappa shape index (κ1) is 20.9. The van der Waals surface area contributed by atoms with Crippen LogP contribution < -0.4 is 0 Å². The highest BCUT2D eigenvalue weighted by Crippen LogP contribution is 2.37. The highest BCUT2D eigenvalue weighted by Gasteiger charge is 2.12. The van der Waals surface area contributed by atoms with Crippen LogP contribution in [0, 0.1) is 0 Å². The zero-order chi connectivity index (χ0) is 19.1. The van der Waals surface area contributed by atoms with E-state index < -0.39 is 0 Å². The fraction of sp³-hybridized carbons (Fsp3) is 0.250. The summed E-state index contributed by atoms with van der Waals surface area (Å²) < 4.78 is 0. The largest absolute Gasteiger partial charge is 0.349 e. The molecule has 1 N–H and O–H groups in total. The van der Waals surface area contributed by atoms with E-state index in [0.717, 1.165) is 62.1 Å². The number of aromatic nitrogens is 2. The summed E-state index contributed by atoms with van der Waals surface area (Å²) in [6.45, 7) is 0. The average molecular weight is 458 g/mol. The number of aryl methyl sites for hydroxylation is 2. The van der Waals surface area contributed by atoms with Crippen LogP contribution in [0.2, 0.25) is 15.1 Å². The van der Waals surface area contributed by atoms with E-state index in [1.54, 1.807) is 18.0 Å². The van der Waals surface area contributed by atoms with Crippen LogP contribution in [0.15, 0.2) is 58.6 Å². The van der Waals surface area contributed by atoms with Crippen molar-refractivity contribution < 1.29 is 0 Å². The molecule has 142 valence electrons. The highest BCUT2D eigenvalue weighted by molar-refractivity contribution is 8.00. The number of hydrogen-bond acceptors (Lipinski definition) is 3. The molecule has 0 unspecified atom stereocenters. The fourth-order valence-electron chi connectivity index (χ4n) is 2.54. The predicted molar refractivity (Wildman–Crippen MR) is 120 cm³/mol. The Morgan fingerprint density at radius 2 is 1.67 bits per heavy atom. The predicted octanol–water partition coefficient (Wildman–Crippen LogP) is 7.43. The first-order chi connectivity index (χ1) is 13.1. The maximum Gasteiger partial charge on any atom is 0.106 e. The summed E-state index contributed by atoms with van der Waals surface area (Å²) in [6.07, 6.45) is 6.34. The normalized spacial score (nSPS) is 11.1. The second-order valence-electron chi connectivity index (χ2n) is 5.89. The number of halogens is 3. The Morgan fingerprint density at radius 1 is 0.889 bits per heavy atom. The molecule has 0 aliphatic heterocycles. The Labute approximate surface area is 183 Å². The first-order valence-electron chi connectivity index (χ1n) is 8.60. The molecule has 3 aromatic rings. The van der Waals surface area contributed by atoms with Gasteiger partial charge in [-0.1, -0.05) is 40.9 Å². The third kappa shape index (κ3) is 6.37. The number of hydrogen-bond donors (Lipinski definition) is 1. The maximum absolute atomic E-state index is 6.62. The van der Waals surface area contributed by atoms with E-state index in [2.05, 4.69) is 22.1 Å². The molecule has 0 atom stereocenters. The second-order valence-corrected chi connectivity index (χ2v) is 9.38. The molecular weight excluding hydrogens is 439 g/mol. The van der Waals surface area contributed by atoms with Gasteiger partial charge < -0.3 is 4.98 Å². The zero-order valence-electron chi connectivity index (χ0n) is 14.6. The summed E-state index contributed by atoms with van der Waals surface area (Å²) in [6, 6.07) is 11.9. The molecule has 7 heteroatoms. The average Bonchev–Trinajstić information content (AvgIpc) is 3.18. The molecule has 0 bridgehead atoms. The summed E-state index contributed by atoms with van der Waals surface area (Å²) in [7, 11) is 0. The lowest BCUT2D eigenvalue weighted by Gasteiger charge is -2.11. The van der Waals surface area contributed by atoms with E-state index >= 15 is 0 Å². The summed E-state index contributed by atoms with van der Waals surface area (Å²) in [5.74, 6) is 2.98. The molecule has 2 nitrogen and oxygen atoms in total. The summed E-state index contributed by atoms with van der Waals surface area (Å²) >= 11 is 22.5. The summed E-state index contributed by atoms with van der Waals surface area (Å²) in [5.41, 5.74) is 1.11. The van der Waals surface area contributed by atoms with Gasteiger partial charge in [-0.2, -0.15) is 0 Å². The third-order valence-electron chi connectivity index (χ3n) is 3.93. The van der Waals surface area contributed by atoms with Gasteiger partial charge in [0.2, 0.25) is 0 Å².